The molecule has 1 aromatic carbocycles. The van der Waals surface area contributed by atoms with Gasteiger partial charge in [-0.1, -0.05) is 0 Å². The number of hydrogen-bond donors (Lipinski definition) is 1. The Balaban J connectivity index is 2.15. The van der Waals surface area contributed by atoms with Gasteiger partial charge < -0.3 is 14.8 Å². The number of hydrogen-bond acceptors (Lipinski definition) is 6. The molecule has 0 bridgehead atoms. The van der Waals surface area contributed by atoms with E-state index in [0.29, 0.717) is 36.1 Å². The normalized spacial score (nSPS) is 19.2. The molecule has 0 spiro atoms. The summed E-state index contributed by atoms with van der Waals surface area (Å²) < 4.78 is 11.1. The summed E-state index contributed by atoms with van der Waals surface area (Å²) in [4.78, 5) is 37.7. The second kappa shape index (κ2) is 5.57. The molecule has 0 fully saturated rings. The number of anilines is 2. The van der Waals surface area contributed by atoms with Gasteiger partial charge in [0.25, 0.3) is 0 Å². The first-order valence-corrected chi connectivity index (χ1v) is 7.44. The van der Waals surface area contributed by atoms with E-state index in [0.717, 1.165) is 0 Å². The van der Waals surface area contributed by atoms with E-state index < -0.39 is 12.1 Å². The van der Waals surface area contributed by atoms with Gasteiger partial charge in [0, 0.05) is 12.1 Å². The Labute approximate surface area is 133 Å². The van der Waals surface area contributed by atoms with Crippen molar-refractivity contribution in [2.45, 2.75) is 32.9 Å². The molecule has 2 heterocycles. The molecule has 0 saturated heterocycles. The van der Waals surface area contributed by atoms with Gasteiger partial charge in [-0.05, 0) is 20.8 Å². The van der Waals surface area contributed by atoms with E-state index in [1.54, 1.807) is 19.1 Å². The molecule has 1 unspecified atom stereocenters. The first kappa shape index (κ1) is 15.3. The Morgan fingerprint density at radius 2 is 1.74 bits per heavy atom. The average molecular weight is 318 g/mol. The molecule has 3 rings (SSSR count). The molecule has 0 aromatic heterocycles. The van der Waals surface area contributed by atoms with Crippen LogP contribution in [0.4, 0.5) is 11.4 Å². The number of rotatable bonds is 3. The van der Waals surface area contributed by atoms with Gasteiger partial charge in [-0.3, -0.25) is 19.3 Å². The number of fused-ring (bicyclic) bond motifs is 2. The molecule has 0 saturated carbocycles. The number of ether oxygens (including phenoxy) is 2. The number of carbonyl (C=O) groups excluding carboxylic acids is 3. The molecular formula is C16H18N2O5. The lowest BCUT2D eigenvalue weighted by molar-refractivity contribution is -0.130. The minimum Gasteiger partial charge on any atom is -0.486 e. The predicted octanol–water partition coefficient (Wildman–Crippen LogP) is 1.15. The summed E-state index contributed by atoms with van der Waals surface area (Å²) in [6, 6.07) is 1.69. The molecule has 0 radical (unpaired) electrons. The lowest BCUT2D eigenvalue weighted by Gasteiger charge is -2.38. The number of nitrogens with one attached hydrogen (secondary N) is 1. The number of Topliss-reactive ketones (excluding diaryl/α,β-unsaturated/α-hetero) is 2. The van der Waals surface area contributed by atoms with E-state index in [9.17, 15) is 14.4 Å². The monoisotopic (exact) mass is 318 g/mol. The van der Waals surface area contributed by atoms with Gasteiger partial charge in [0.15, 0.2) is 29.1 Å². The van der Waals surface area contributed by atoms with Crippen LogP contribution in [0, 0.1) is 0 Å². The van der Waals surface area contributed by atoms with Crippen molar-refractivity contribution in [1.29, 1.82) is 0 Å². The second-order valence-corrected chi connectivity index (χ2v) is 5.71. The molecular weight excluding hydrogens is 300 g/mol. The maximum absolute atomic E-state index is 12.6. The molecule has 7 heteroatoms. The maximum atomic E-state index is 12.6. The van der Waals surface area contributed by atoms with E-state index in [4.69, 9.17) is 9.47 Å². The molecule has 2 aliphatic rings. The van der Waals surface area contributed by atoms with Crippen molar-refractivity contribution in [2.24, 2.45) is 0 Å². The Kier molecular flexibility index (Phi) is 3.71. The third kappa shape index (κ3) is 2.52. The summed E-state index contributed by atoms with van der Waals surface area (Å²) in [5.41, 5.74) is 1.08. The Bertz CT molecular complexity index is 686. The molecule has 23 heavy (non-hydrogen) atoms. The third-order valence-electron chi connectivity index (χ3n) is 3.93. The van der Waals surface area contributed by atoms with Crippen LogP contribution in [0.25, 0.3) is 0 Å². The lowest BCUT2D eigenvalue weighted by atomic mass is 10.0. The van der Waals surface area contributed by atoms with Crippen LogP contribution in [0.1, 0.15) is 20.8 Å². The number of amides is 1. The zero-order chi connectivity index (χ0) is 16.7. The van der Waals surface area contributed by atoms with Crippen LogP contribution in [0.2, 0.25) is 0 Å². The fourth-order valence-corrected chi connectivity index (χ4v) is 2.93. The molecule has 1 aromatic rings. The Morgan fingerprint density at radius 3 is 2.30 bits per heavy atom. The van der Waals surface area contributed by atoms with E-state index in [1.807, 2.05) is 0 Å². The van der Waals surface area contributed by atoms with Gasteiger partial charge in [-0.25, -0.2) is 0 Å². The largest absolute Gasteiger partial charge is 0.486 e. The SMILES string of the molecule is CC(=O)C(C(C)=O)N1C(=O)C(C)Nc2cc3c(cc21)OCCO3. The first-order chi connectivity index (χ1) is 10.9. The highest BCUT2D eigenvalue weighted by molar-refractivity contribution is 6.17. The summed E-state index contributed by atoms with van der Waals surface area (Å²) in [5, 5.41) is 3.07. The fraction of sp³-hybridized carbons (Fsp3) is 0.438. The van der Waals surface area contributed by atoms with Crippen LogP contribution in [0.3, 0.4) is 0 Å². The van der Waals surface area contributed by atoms with E-state index >= 15 is 0 Å². The number of nitrogens with zero attached hydrogens (tertiary/aromatic N) is 1. The highest BCUT2D eigenvalue weighted by Crippen LogP contribution is 2.43. The van der Waals surface area contributed by atoms with Crippen molar-refractivity contribution in [3.63, 3.8) is 0 Å². The van der Waals surface area contributed by atoms with Crippen LogP contribution < -0.4 is 19.7 Å². The van der Waals surface area contributed by atoms with Gasteiger partial charge in [0.1, 0.15) is 19.3 Å². The topological polar surface area (TPSA) is 84.9 Å². The zero-order valence-corrected chi connectivity index (χ0v) is 13.2. The number of benzene rings is 1. The van der Waals surface area contributed by atoms with Crippen molar-refractivity contribution >= 4 is 28.8 Å². The summed E-state index contributed by atoms with van der Waals surface area (Å²) in [6.45, 7) is 5.17. The van der Waals surface area contributed by atoms with Crippen LogP contribution in [-0.2, 0) is 14.4 Å². The average Bonchev–Trinajstić information content (AvgIpc) is 2.49. The minimum atomic E-state index is -1.13. The minimum absolute atomic E-state index is 0.329. The Hall–Kier alpha value is -2.57. The third-order valence-corrected chi connectivity index (χ3v) is 3.93. The number of ketones is 2. The van der Waals surface area contributed by atoms with Crippen LogP contribution >= 0.6 is 0 Å². The van der Waals surface area contributed by atoms with E-state index in [1.165, 1.54) is 18.7 Å². The molecule has 7 nitrogen and oxygen atoms in total. The van der Waals surface area contributed by atoms with Gasteiger partial charge in [0.05, 0.1) is 11.4 Å². The molecule has 2 aliphatic heterocycles. The van der Waals surface area contributed by atoms with E-state index in [2.05, 4.69) is 5.32 Å². The highest BCUT2D eigenvalue weighted by atomic mass is 16.6. The molecule has 1 amide bonds. The van der Waals surface area contributed by atoms with Gasteiger partial charge in [-0.2, -0.15) is 0 Å². The van der Waals surface area contributed by atoms with Crippen molar-refractivity contribution in [3.05, 3.63) is 12.1 Å². The van der Waals surface area contributed by atoms with Crippen LogP contribution in [0.15, 0.2) is 12.1 Å². The first-order valence-electron chi connectivity index (χ1n) is 7.44. The Morgan fingerprint density at radius 1 is 1.17 bits per heavy atom. The van der Waals surface area contributed by atoms with Gasteiger partial charge >= 0.3 is 0 Å². The quantitative estimate of drug-likeness (QED) is 0.842. The fourth-order valence-electron chi connectivity index (χ4n) is 2.93. The molecule has 1 atom stereocenters. The molecule has 122 valence electrons. The van der Waals surface area contributed by atoms with Gasteiger partial charge in [-0.15, -0.1) is 0 Å². The zero-order valence-electron chi connectivity index (χ0n) is 13.2. The molecule has 0 aliphatic carbocycles. The van der Waals surface area contributed by atoms with Crippen molar-refractivity contribution in [3.8, 4) is 11.5 Å². The van der Waals surface area contributed by atoms with Crippen LogP contribution in [0.5, 0.6) is 11.5 Å². The predicted molar refractivity (Wildman–Crippen MR) is 83.2 cm³/mol. The summed E-state index contributed by atoms with van der Waals surface area (Å²) in [6.07, 6.45) is 0. The highest BCUT2D eigenvalue weighted by Gasteiger charge is 2.39. The van der Waals surface area contributed by atoms with Crippen LogP contribution in [-0.4, -0.2) is 42.8 Å². The smallest absolute Gasteiger partial charge is 0.250 e. The lowest BCUT2D eigenvalue weighted by Crippen LogP contribution is -2.55. The van der Waals surface area contributed by atoms with E-state index in [-0.39, 0.29) is 17.5 Å². The van der Waals surface area contributed by atoms with Crippen molar-refractivity contribution < 1.29 is 23.9 Å². The summed E-state index contributed by atoms with van der Waals surface area (Å²) >= 11 is 0. The number of carbonyl (C=O) groups is 3. The molecule has 1 N–H and O–H groups in total. The summed E-state index contributed by atoms with van der Waals surface area (Å²) in [5.74, 6) is -0.00707. The second-order valence-electron chi connectivity index (χ2n) is 5.71. The standard InChI is InChI=1S/C16H18N2O5/c1-8-16(21)18(15(9(2)19)10(3)20)12-7-14-13(6-11(12)17-8)22-4-5-23-14/h6-8,15,17H,4-5H2,1-3H3. The van der Waals surface area contributed by atoms with Crippen molar-refractivity contribution in [2.75, 3.05) is 23.4 Å². The summed E-state index contributed by atoms with van der Waals surface area (Å²) in [7, 11) is 0. The van der Waals surface area contributed by atoms with Crippen molar-refractivity contribution in [1.82, 2.24) is 0 Å². The maximum Gasteiger partial charge on any atom is 0.250 e. The van der Waals surface area contributed by atoms with Gasteiger partial charge in [0.2, 0.25) is 5.91 Å².